The highest BCUT2D eigenvalue weighted by molar-refractivity contribution is 7.89. The molecule has 0 saturated carbocycles. The summed E-state index contributed by atoms with van der Waals surface area (Å²) >= 11 is 0. The van der Waals surface area contributed by atoms with Gasteiger partial charge in [-0.15, -0.1) is 0 Å². The number of carbonyl (C=O) groups is 1. The Hall–Kier alpha value is -2.70. The highest BCUT2D eigenvalue weighted by Crippen LogP contribution is 2.33. The number of nitrogens with zero attached hydrogens (tertiary/aromatic N) is 1. The molecule has 10 nitrogen and oxygen atoms in total. The third kappa shape index (κ3) is 5.91. The highest BCUT2D eigenvalue weighted by Gasteiger charge is 2.43. The van der Waals surface area contributed by atoms with Gasteiger partial charge in [0.05, 0.1) is 48.9 Å². The number of aliphatic hydroxyl groups excluding tert-OH is 1. The molecule has 0 unspecified atom stereocenters. The smallest absolute Gasteiger partial charge is 0.243 e. The first-order valence-corrected chi connectivity index (χ1v) is 13.9. The zero-order chi connectivity index (χ0) is 26.0. The number of hydrogen-bond donors (Lipinski definition) is 2. The van der Waals surface area contributed by atoms with Gasteiger partial charge in [-0.2, -0.15) is 4.31 Å². The van der Waals surface area contributed by atoms with Gasteiger partial charge in [-0.1, -0.05) is 23.8 Å². The number of benzene rings is 2. The Morgan fingerprint density at radius 3 is 2.68 bits per heavy atom. The average Bonchev–Trinajstić information content (AvgIpc) is 3.34. The maximum absolute atomic E-state index is 13.6. The summed E-state index contributed by atoms with van der Waals surface area (Å²) in [7, 11) is -3.87. The van der Waals surface area contributed by atoms with Gasteiger partial charge < -0.3 is 29.4 Å². The van der Waals surface area contributed by atoms with Crippen molar-refractivity contribution in [2.45, 2.75) is 62.0 Å². The van der Waals surface area contributed by atoms with Gasteiger partial charge >= 0.3 is 0 Å². The van der Waals surface area contributed by atoms with Crippen LogP contribution in [-0.2, 0) is 30.8 Å². The summed E-state index contributed by atoms with van der Waals surface area (Å²) in [4.78, 5) is 12.8. The van der Waals surface area contributed by atoms with Crippen molar-refractivity contribution in [2.75, 3.05) is 26.6 Å². The molecule has 0 bridgehead atoms. The minimum Gasteiger partial charge on any atom is -0.454 e. The fourth-order valence-corrected chi connectivity index (χ4v) is 6.66. The van der Waals surface area contributed by atoms with Crippen LogP contribution in [0.15, 0.2) is 47.4 Å². The highest BCUT2D eigenvalue weighted by atomic mass is 32.2. The summed E-state index contributed by atoms with van der Waals surface area (Å²) in [5, 5.41) is 13.3. The van der Waals surface area contributed by atoms with E-state index in [0.717, 1.165) is 11.1 Å². The van der Waals surface area contributed by atoms with E-state index in [1.165, 1.54) is 4.31 Å². The van der Waals surface area contributed by atoms with Crippen LogP contribution in [-0.4, -0.2) is 74.6 Å². The van der Waals surface area contributed by atoms with E-state index < -0.39 is 28.3 Å². The zero-order valence-electron chi connectivity index (χ0n) is 20.7. The molecule has 0 radical (unpaired) electrons. The Balaban J connectivity index is 1.22. The molecule has 2 aromatic rings. The molecule has 2 aromatic carbocycles. The van der Waals surface area contributed by atoms with Crippen LogP contribution in [0.25, 0.3) is 0 Å². The summed E-state index contributed by atoms with van der Waals surface area (Å²) in [5.74, 6) is 1.19. The van der Waals surface area contributed by atoms with Gasteiger partial charge in [0.1, 0.15) is 0 Å². The molecule has 2 N–H and O–H groups in total. The van der Waals surface area contributed by atoms with E-state index in [1.54, 1.807) is 24.3 Å². The van der Waals surface area contributed by atoms with Gasteiger partial charge in [-0.05, 0) is 49.6 Å². The Morgan fingerprint density at radius 1 is 1.08 bits per heavy atom. The predicted octanol–water partition coefficient (Wildman–Crippen LogP) is 1.73. The van der Waals surface area contributed by atoms with Crippen molar-refractivity contribution in [1.82, 2.24) is 9.62 Å². The number of rotatable bonds is 6. The zero-order valence-corrected chi connectivity index (χ0v) is 21.5. The van der Waals surface area contributed by atoms with Crippen molar-refractivity contribution in [3.8, 4) is 11.5 Å². The van der Waals surface area contributed by atoms with E-state index >= 15 is 0 Å². The third-order valence-corrected chi connectivity index (χ3v) is 8.81. The normalized spacial score (nSPS) is 26.1. The average molecular weight is 533 g/mol. The summed E-state index contributed by atoms with van der Waals surface area (Å²) in [6.07, 6.45) is -0.703. The van der Waals surface area contributed by atoms with Crippen LogP contribution < -0.4 is 14.8 Å². The maximum atomic E-state index is 13.6. The van der Waals surface area contributed by atoms with Gasteiger partial charge in [0.2, 0.25) is 22.7 Å². The number of aryl methyl sites for hydroxylation is 1. The summed E-state index contributed by atoms with van der Waals surface area (Å²) in [5.41, 5.74) is 1.85. The summed E-state index contributed by atoms with van der Waals surface area (Å²) in [6, 6.07) is 11.7. The molecule has 200 valence electrons. The second-order valence-electron chi connectivity index (χ2n) is 9.69. The van der Waals surface area contributed by atoms with Crippen molar-refractivity contribution >= 4 is 15.9 Å². The Morgan fingerprint density at radius 2 is 1.86 bits per heavy atom. The van der Waals surface area contributed by atoms with Crippen LogP contribution in [0, 0.1) is 6.92 Å². The number of fused-ring (bicyclic) bond motifs is 2. The van der Waals surface area contributed by atoms with Gasteiger partial charge in [0, 0.05) is 13.1 Å². The number of hydrogen-bond acceptors (Lipinski definition) is 8. The number of ether oxygens (including phenoxy) is 4. The molecule has 0 spiro atoms. The van der Waals surface area contributed by atoms with E-state index in [-0.39, 0.29) is 49.9 Å². The van der Waals surface area contributed by atoms with E-state index in [1.807, 2.05) is 25.1 Å². The monoisotopic (exact) mass is 532 g/mol. The number of carbonyl (C=O) groups excluding carboxylic acids is 1. The molecule has 0 aromatic heterocycles. The minimum atomic E-state index is -3.87. The van der Waals surface area contributed by atoms with E-state index in [2.05, 4.69) is 5.32 Å². The molecule has 5 rings (SSSR count). The quantitative estimate of drug-likeness (QED) is 0.577. The SMILES string of the molecule is Cc1ccc(S(=O)(=O)N2C[C@H](O)COC[C@H]3O[C@@H](CC(=O)NCc4ccc5c(c4)OCO5)CC[C@@H]32)cc1. The molecule has 3 aliphatic heterocycles. The van der Waals surface area contributed by atoms with Crippen molar-refractivity contribution in [3.63, 3.8) is 0 Å². The van der Waals surface area contributed by atoms with Crippen molar-refractivity contribution < 1.29 is 37.3 Å². The number of sulfonamides is 1. The number of amides is 1. The first kappa shape index (κ1) is 25.9. The lowest BCUT2D eigenvalue weighted by atomic mass is 9.96. The van der Waals surface area contributed by atoms with Crippen LogP contribution in [0.4, 0.5) is 0 Å². The third-order valence-electron chi connectivity index (χ3n) is 6.90. The Bertz CT molecular complexity index is 1220. The summed E-state index contributed by atoms with van der Waals surface area (Å²) in [6.45, 7) is 2.49. The minimum absolute atomic E-state index is 0.00713. The molecule has 37 heavy (non-hydrogen) atoms. The lowest BCUT2D eigenvalue weighted by molar-refractivity contribution is -0.146. The molecule has 3 aliphatic rings. The van der Waals surface area contributed by atoms with E-state index in [0.29, 0.717) is 30.9 Å². The van der Waals surface area contributed by atoms with Crippen LogP contribution in [0.1, 0.15) is 30.4 Å². The van der Waals surface area contributed by atoms with Crippen molar-refractivity contribution in [3.05, 3.63) is 53.6 Å². The van der Waals surface area contributed by atoms with Gasteiger partial charge in [0.15, 0.2) is 11.5 Å². The van der Waals surface area contributed by atoms with Crippen LogP contribution in [0.3, 0.4) is 0 Å². The lowest BCUT2D eigenvalue weighted by Gasteiger charge is -2.43. The van der Waals surface area contributed by atoms with Crippen molar-refractivity contribution in [2.24, 2.45) is 0 Å². The second kappa shape index (κ2) is 11.0. The standard InChI is InChI=1S/C26H32N2O8S/c1-17-2-6-21(7-3-17)37(31,32)28-13-19(29)14-33-15-25-22(28)8-5-20(36-25)11-26(30)27-12-18-4-9-23-24(10-18)35-16-34-23/h2-4,6-7,9-10,19-20,22,25,29H,5,8,11-16H2,1H3,(H,27,30)/t19-,20+,22-,25+/m0/s1. The first-order chi connectivity index (χ1) is 17.8. The molecule has 3 heterocycles. The largest absolute Gasteiger partial charge is 0.454 e. The lowest BCUT2D eigenvalue weighted by Crippen LogP contribution is -2.57. The first-order valence-electron chi connectivity index (χ1n) is 12.4. The van der Waals surface area contributed by atoms with E-state index in [9.17, 15) is 18.3 Å². The molecular weight excluding hydrogens is 500 g/mol. The van der Waals surface area contributed by atoms with Gasteiger partial charge in [0.25, 0.3) is 0 Å². The van der Waals surface area contributed by atoms with Crippen LogP contribution >= 0.6 is 0 Å². The Kier molecular flexibility index (Phi) is 7.68. The molecule has 4 atom stereocenters. The number of nitrogens with one attached hydrogen (secondary N) is 1. The molecule has 11 heteroatoms. The fraction of sp³-hybridized carbons (Fsp3) is 0.500. The molecule has 0 aliphatic carbocycles. The summed E-state index contributed by atoms with van der Waals surface area (Å²) < 4.78 is 51.0. The van der Waals surface area contributed by atoms with Gasteiger partial charge in [-0.25, -0.2) is 8.42 Å². The molecule has 2 saturated heterocycles. The molecule has 1 amide bonds. The van der Waals surface area contributed by atoms with Crippen molar-refractivity contribution in [1.29, 1.82) is 0 Å². The fourth-order valence-electron chi connectivity index (χ4n) is 4.95. The second-order valence-corrected chi connectivity index (χ2v) is 11.6. The topological polar surface area (TPSA) is 124 Å². The molecular formula is C26H32N2O8S. The number of β-amino-alcohol motifs (C(OH)–C–C–N with tert-alkyl or cyclic N) is 1. The van der Waals surface area contributed by atoms with Gasteiger partial charge in [-0.3, -0.25) is 4.79 Å². The Labute approximate surface area is 216 Å². The molecule has 2 fully saturated rings. The van der Waals surface area contributed by atoms with E-state index in [4.69, 9.17) is 18.9 Å². The number of aliphatic hydroxyl groups is 1. The van der Waals surface area contributed by atoms with Crippen LogP contribution in [0.2, 0.25) is 0 Å². The maximum Gasteiger partial charge on any atom is 0.243 e. The predicted molar refractivity (Wildman–Crippen MR) is 133 cm³/mol. The van der Waals surface area contributed by atoms with Crippen LogP contribution in [0.5, 0.6) is 11.5 Å².